The van der Waals surface area contributed by atoms with Crippen LogP contribution in [0.2, 0.25) is 0 Å². The van der Waals surface area contributed by atoms with Gasteiger partial charge in [0.1, 0.15) is 23.7 Å². The first-order valence-corrected chi connectivity index (χ1v) is 16.2. The Kier molecular flexibility index (Phi) is 11.7. The van der Waals surface area contributed by atoms with E-state index in [1.54, 1.807) is 41.5 Å². The summed E-state index contributed by atoms with van der Waals surface area (Å²) in [6.45, 7) is 10.7. The maximum atomic E-state index is 14.2. The fraction of sp³-hybridized carbons (Fsp3) is 0.806. The number of ether oxygens (including phenoxy) is 1. The number of primary amides is 1. The smallest absolute Gasteiger partial charge is 0.329 e. The maximum absolute atomic E-state index is 14.2. The molecule has 2 aliphatic carbocycles. The minimum Gasteiger partial charge on any atom is -0.458 e. The van der Waals surface area contributed by atoms with Gasteiger partial charge < -0.3 is 31.3 Å². The summed E-state index contributed by atoms with van der Waals surface area (Å²) in [7, 11) is 0. The molecule has 5 N–H and O–H groups in total. The molecule has 248 valence electrons. The monoisotopic (exact) mass is 639 g/mol. The number of rotatable bonds is 11. The molecule has 0 radical (unpaired) electrons. The molecule has 3 rings (SSSR count). The molecule has 0 aromatic rings. The van der Waals surface area contributed by atoms with E-state index in [2.05, 4.69) is 16.0 Å². The number of hydrogen-bond acceptors (Lipinski definition) is 7. The van der Waals surface area contributed by atoms with Gasteiger partial charge in [-0.15, -0.1) is 11.6 Å². The normalized spacial score (nSPS) is 23.2. The van der Waals surface area contributed by atoms with E-state index in [1.165, 1.54) is 4.90 Å². The Morgan fingerprint density at radius 1 is 0.909 bits per heavy atom. The van der Waals surface area contributed by atoms with Crippen LogP contribution in [0.3, 0.4) is 0 Å². The minimum atomic E-state index is -1.13. The molecule has 0 spiro atoms. The van der Waals surface area contributed by atoms with Crippen LogP contribution in [-0.2, 0) is 28.7 Å². The molecule has 12 nitrogen and oxygen atoms in total. The summed E-state index contributed by atoms with van der Waals surface area (Å²) in [6, 6.07) is -4.72. The summed E-state index contributed by atoms with van der Waals surface area (Å²) in [4.78, 5) is 79.6. The molecule has 3 fully saturated rings. The lowest BCUT2D eigenvalue weighted by atomic mass is 9.83. The molecular formula is C31H50ClN5O7. The number of nitrogens with zero attached hydrogens (tertiary/aromatic N) is 1. The first-order valence-electron chi connectivity index (χ1n) is 15.8. The average Bonchev–Trinajstić information content (AvgIpc) is 3.65. The molecule has 13 heteroatoms. The fourth-order valence-electron chi connectivity index (χ4n) is 5.97. The Balaban J connectivity index is 1.81. The van der Waals surface area contributed by atoms with Crippen LogP contribution < -0.4 is 21.7 Å². The van der Waals surface area contributed by atoms with E-state index in [-0.39, 0.29) is 24.8 Å². The lowest BCUT2D eigenvalue weighted by Gasteiger charge is -2.36. The number of ketones is 1. The van der Waals surface area contributed by atoms with E-state index in [9.17, 15) is 28.8 Å². The molecule has 1 saturated heterocycles. The summed E-state index contributed by atoms with van der Waals surface area (Å²) in [5.74, 6) is -3.60. The van der Waals surface area contributed by atoms with Gasteiger partial charge in [0.2, 0.25) is 17.6 Å². The molecule has 44 heavy (non-hydrogen) atoms. The van der Waals surface area contributed by atoms with Gasteiger partial charge >= 0.3 is 12.0 Å². The molecule has 0 bridgehead atoms. The maximum Gasteiger partial charge on any atom is 0.329 e. The molecule has 0 aromatic carbocycles. The number of carbonyl (C=O) groups is 6. The highest BCUT2D eigenvalue weighted by molar-refractivity contribution is 6.37. The van der Waals surface area contributed by atoms with Gasteiger partial charge in [0.25, 0.3) is 5.91 Å². The van der Waals surface area contributed by atoms with Gasteiger partial charge in [-0.2, -0.15) is 0 Å². The number of esters is 1. The average molecular weight is 640 g/mol. The predicted octanol–water partition coefficient (Wildman–Crippen LogP) is 2.54. The SMILES string of the molecule is CC(C)(C)OC(=O)[C@H](NC(=O)N[C@H](C(=O)N1C[C@H](Cl)C[C@H]1C(=O)NC(CC1CC1)C(=O)C(N)=O)C1CCCCC1)C(C)(C)C. The predicted molar refractivity (Wildman–Crippen MR) is 164 cm³/mol. The van der Waals surface area contributed by atoms with Gasteiger partial charge in [0.15, 0.2) is 0 Å². The Morgan fingerprint density at radius 2 is 1.52 bits per heavy atom. The zero-order valence-corrected chi connectivity index (χ0v) is 27.6. The van der Waals surface area contributed by atoms with Crippen LogP contribution in [-0.4, -0.2) is 82.1 Å². The number of urea groups is 1. The van der Waals surface area contributed by atoms with Crippen LogP contribution in [0.5, 0.6) is 0 Å². The summed E-state index contributed by atoms with van der Waals surface area (Å²) in [5.41, 5.74) is 3.79. The highest BCUT2D eigenvalue weighted by atomic mass is 35.5. The Labute approximate surface area is 265 Å². The molecule has 5 atom stereocenters. The number of Topliss-reactive ketones (excluding diaryl/α,β-unsaturated/α-hetero) is 1. The number of likely N-dealkylation sites (tertiary alicyclic amines) is 1. The third kappa shape index (κ3) is 10.1. The van der Waals surface area contributed by atoms with Crippen molar-refractivity contribution in [3.05, 3.63) is 0 Å². The minimum absolute atomic E-state index is 0.0740. The first-order chi connectivity index (χ1) is 20.4. The fourth-order valence-corrected chi connectivity index (χ4v) is 6.28. The Bertz CT molecular complexity index is 1110. The Hall–Kier alpha value is -2.89. The number of alkyl halides is 1. The van der Waals surface area contributed by atoms with E-state index in [1.807, 2.05) is 0 Å². The highest BCUT2D eigenvalue weighted by Crippen LogP contribution is 2.34. The van der Waals surface area contributed by atoms with Crippen molar-refractivity contribution in [2.45, 2.75) is 134 Å². The van der Waals surface area contributed by atoms with Gasteiger partial charge in [-0.25, -0.2) is 9.59 Å². The van der Waals surface area contributed by atoms with E-state index in [0.29, 0.717) is 19.3 Å². The lowest BCUT2D eigenvalue weighted by molar-refractivity contribution is -0.160. The summed E-state index contributed by atoms with van der Waals surface area (Å²) in [5, 5.41) is 7.69. The number of nitrogens with two attached hydrogens (primary N) is 1. The third-order valence-corrected chi connectivity index (χ3v) is 8.75. The van der Waals surface area contributed by atoms with Crippen LogP contribution >= 0.6 is 11.6 Å². The largest absolute Gasteiger partial charge is 0.458 e. The quantitative estimate of drug-likeness (QED) is 0.152. The summed E-state index contributed by atoms with van der Waals surface area (Å²) >= 11 is 6.47. The van der Waals surface area contributed by atoms with Crippen molar-refractivity contribution in [2.75, 3.05) is 6.54 Å². The van der Waals surface area contributed by atoms with Crippen LogP contribution in [0, 0.1) is 17.3 Å². The van der Waals surface area contributed by atoms with Crippen molar-refractivity contribution in [1.29, 1.82) is 0 Å². The Morgan fingerprint density at radius 3 is 2.05 bits per heavy atom. The van der Waals surface area contributed by atoms with Gasteiger partial charge in [-0.3, -0.25) is 19.2 Å². The van der Waals surface area contributed by atoms with E-state index in [0.717, 1.165) is 32.1 Å². The van der Waals surface area contributed by atoms with Crippen molar-refractivity contribution in [3.8, 4) is 0 Å². The van der Waals surface area contributed by atoms with Crippen LogP contribution in [0.15, 0.2) is 0 Å². The topological polar surface area (TPSA) is 177 Å². The molecular weight excluding hydrogens is 590 g/mol. The number of hydrogen-bond donors (Lipinski definition) is 4. The van der Waals surface area contributed by atoms with Crippen molar-refractivity contribution >= 4 is 47.1 Å². The number of nitrogens with one attached hydrogen (secondary N) is 3. The second-order valence-electron chi connectivity index (χ2n) is 14.6. The van der Waals surface area contributed by atoms with Crippen LogP contribution in [0.1, 0.15) is 99.3 Å². The molecule has 1 unspecified atom stereocenters. The van der Waals surface area contributed by atoms with E-state index in [4.69, 9.17) is 22.1 Å². The number of amides is 5. The molecule has 1 heterocycles. The summed E-state index contributed by atoms with van der Waals surface area (Å²) in [6.07, 6.45) is 6.46. The first kappa shape index (κ1) is 35.6. The second kappa shape index (κ2) is 14.5. The van der Waals surface area contributed by atoms with Crippen LogP contribution in [0.4, 0.5) is 4.79 Å². The third-order valence-electron chi connectivity index (χ3n) is 8.44. The zero-order chi connectivity index (χ0) is 33.0. The number of carbonyl (C=O) groups excluding carboxylic acids is 6. The standard InChI is InChI=1S/C31H50ClN5O7/c1-30(2,3)24(28(42)44-31(4,5)6)36-29(43)35-22(18-10-8-7-9-11-18)27(41)37-16-19(32)15-21(37)26(40)34-20(14-17-12-13-17)23(38)25(33)39/h17-22,24H,7-16H2,1-6H3,(H2,33,39)(H,34,40)(H2,35,36,43)/t19-,20?,21+,22+,24+/m1/s1. The van der Waals surface area contributed by atoms with E-state index >= 15 is 0 Å². The van der Waals surface area contributed by atoms with Crippen molar-refractivity contribution < 1.29 is 33.5 Å². The van der Waals surface area contributed by atoms with E-state index < -0.39 is 76.1 Å². The van der Waals surface area contributed by atoms with Crippen LogP contribution in [0.25, 0.3) is 0 Å². The van der Waals surface area contributed by atoms with Crippen molar-refractivity contribution in [3.63, 3.8) is 0 Å². The second-order valence-corrected chi connectivity index (χ2v) is 15.3. The molecule has 5 amide bonds. The zero-order valence-electron chi connectivity index (χ0n) is 26.9. The number of halogens is 1. The van der Waals surface area contributed by atoms with Gasteiger partial charge in [-0.05, 0) is 63.7 Å². The molecule has 1 aliphatic heterocycles. The highest BCUT2D eigenvalue weighted by Gasteiger charge is 2.45. The van der Waals surface area contributed by atoms with Gasteiger partial charge in [-0.1, -0.05) is 52.9 Å². The summed E-state index contributed by atoms with van der Waals surface area (Å²) < 4.78 is 5.55. The van der Waals surface area contributed by atoms with Gasteiger partial charge in [0, 0.05) is 6.54 Å². The van der Waals surface area contributed by atoms with Gasteiger partial charge in [0.05, 0.1) is 11.4 Å². The van der Waals surface area contributed by atoms with Crippen molar-refractivity contribution in [2.24, 2.45) is 23.0 Å². The molecule has 3 aliphatic rings. The molecule has 2 saturated carbocycles. The van der Waals surface area contributed by atoms with Crippen molar-refractivity contribution in [1.82, 2.24) is 20.9 Å². The lowest BCUT2D eigenvalue weighted by Crippen LogP contribution is -2.61. The molecule has 0 aromatic heterocycles.